The zero-order chi connectivity index (χ0) is 15.4. The molecule has 1 unspecified atom stereocenters. The van der Waals surface area contributed by atoms with Crippen molar-refractivity contribution >= 4 is 10.1 Å². The fourth-order valence-corrected chi connectivity index (χ4v) is 3.74. The molecule has 0 aromatic carbocycles. The van der Waals surface area contributed by atoms with E-state index in [-0.39, 0.29) is 12.2 Å². The van der Waals surface area contributed by atoms with E-state index in [0.717, 1.165) is 19.3 Å². The average molecular weight is 306 g/mol. The van der Waals surface area contributed by atoms with Gasteiger partial charge in [-0.1, -0.05) is 32.6 Å². The molecule has 1 N–H and O–H groups in total. The molecule has 0 radical (unpaired) electrons. The Kier molecular flexibility index (Phi) is 5.77. The van der Waals surface area contributed by atoms with Crippen molar-refractivity contribution in [2.45, 2.75) is 56.9 Å². The summed E-state index contributed by atoms with van der Waals surface area (Å²) in [5.41, 5.74) is 0.585. The molecule has 0 saturated heterocycles. The molecule has 0 saturated carbocycles. The lowest BCUT2D eigenvalue weighted by molar-refractivity contribution is 0.184. The highest BCUT2D eigenvalue weighted by atomic mass is 32.2. The van der Waals surface area contributed by atoms with Crippen LogP contribution in [0.2, 0.25) is 0 Å². The summed E-state index contributed by atoms with van der Waals surface area (Å²) >= 11 is 0. The number of alkyl halides is 1. The molecule has 0 spiro atoms. The third-order valence-corrected chi connectivity index (χ3v) is 5.26. The summed E-state index contributed by atoms with van der Waals surface area (Å²) in [4.78, 5) is 0. The second kappa shape index (κ2) is 6.72. The van der Waals surface area contributed by atoms with Crippen LogP contribution in [0.4, 0.5) is 4.39 Å². The molecule has 1 aliphatic carbocycles. The van der Waals surface area contributed by atoms with Crippen LogP contribution in [0.3, 0.4) is 0 Å². The van der Waals surface area contributed by atoms with Crippen molar-refractivity contribution in [3.63, 3.8) is 0 Å². The predicted octanol–water partition coefficient (Wildman–Crippen LogP) is 3.41. The molecule has 2 atom stereocenters. The van der Waals surface area contributed by atoms with Crippen LogP contribution in [0.15, 0.2) is 23.5 Å². The van der Waals surface area contributed by atoms with Crippen LogP contribution in [0.25, 0.3) is 0 Å². The lowest BCUT2D eigenvalue weighted by Crippen LogP contribution is -2.50. The standard InChI is InChI=1S/C14H23FO4S/c1-4-5-6-7-8-14(20(16,17)18)12(15)9-11(2)10-13(14)19-3/h9-10,12H,4-8H2,1-3H3,(H,16,17,18)/t12?,14-/m1/s1. The highest BCUT2D eigenvalue weighted by Crippen LogP contribution is 2.41. The Bertz CT molecular complexity index is 495. The summed E-state index contributed by atoms with van der Waals surface area (Å²) in [6, 6.07) is 0. The predicted molar refractivity (Wildman–Crippen MR) is 76.8 cm³/mol. The van der Waals surface area contributed by atoms with Crippen LogP contribution in [-0.2, 0) is 14.9 Å². The highest BCUT2D eigenvalue weighted by Gasteiger charge is 2.55. The van der Waals surface area contributed by atoms with Gasteiger partial charge in [-0.3, -0.25) is 4.55 Å². The van der Waals surface area contributed by atoms with Crippen LogP contribution in [-0.4, -0.2) is 31.0 Å². The summed E-state index contributed by atoms with van der Waals surface area (Å²) < 4.78 is 50.8. The van der Waals surface area contributed by atoms with Crippen LogP contribution >= 0.6 is 0 Å². The average Bonchev–Trinajstić information content (AvgIpc) is 2.34. The van der Waals surface area contributed by atoms with Crippen molar-refractivity contribution < 1.29 is 22.1 Å². The van der Waals surface area contributed by atoms with Gasteiger partial charge in [-0.25, -0.2) is 4.39 Å². The Morgan fingerprint density at radius 2 is 2.05 bits per heavy atom. The maximum absolute atomic E-state index is 14.5. The zero-order valence-corrected chi connectivity index (χ0v) is 13.0. The van der Waals surface area contributed by atoms with Gasteiger partial charge in [0.15, 0.2) is 4.75 Å². The second-order valence-electron chi connectivity index (χ2n) is 5.20. The molecular formula is C14H23FO4S. The van der Waals surface area contributed by atoms with E-state index in [1.165, 1.54) is 19.3 Å². The van der Waals surface area contributed by atoms with Gasteiger partial charge in [-0.2, -0.15) is 8.42 Å². The number of halogens is 1. The van der Waals surface area contributed by atoms with Gasteiger partial charge in [0, 0.05) is 0 Å². The minimum Gasteiger partial charge on any atom is -0.499 e. The molecule has 0 amide bonds. The van der Waals surface area contributed by atoms with Gasteiger partial charge in [0.05, 0.1) is 7.11 Å². The maximum atomic E-state index is 14.5. The monoisotopic (exact) mass is 306 g/mol. The third-order valence-electron chi connectivity index (χ3n) is 3.71. The van der Waals surface area contributed by atoms with Crippen molar-refractivity contribution in [3.05, 3.63) is 23.5 Å². The van der Waals surface area contributed by atoms with Gasteiger partial charge in [0.1, 0.15) is 11.9 Å². The molecular weight excluding hydrogens is 283 g/mol. The molecule has 0 aliphatic heterocycles. The first-order chi connectivity index (χ1) is 9.29. The normalized spacial score (nSPS) is 26.9. The van der Waals surface area contributed by atoms with E-state index in [2.05, 4.69) is 0 Å². The van der Waals surface area contributed by atoms with Crippen molar-refractivity contribution in [1.29, 1.82) is 0 Å². The van der Waals surface area contributed by atoms with E-state index in [1.807, 2.05) is 6.92 Å². The summed E-state index contributed by atoms with van der Waals surface area (Å²) in [7, 11) is -3.33. The van der Waals surface area contributed by atoms with Gasteiger partial charge in [0.25, 0.3) is 10.1 Å². The number of unbranched alkanes of at least 4 members (excludes halogenated alkanes) is 3. The van der Waals surface area contributed by atoms with E-state index in [1.54, 1.807) is 6.92 Å². The molecule has 1 rings (SSSR count). The summed E-state index contributed by atoms with van der Waals surface area (Å²) in [5, 5.41) is 0. The Labute approximate surface area is 120 Å². The highest BCUT2D eigenvalue weighted by molar-refractivity contribution is 7.87. The van der Waals surface area contributed by atoms with Crippen molar-refractivity contribution in [2.24, 2.45) is 0 Å². The lowest BCUT2D eigenvalue weighted by atomic mass is 9.87. The minimum atomic E-state index is -4.62. The fraction of sp³-hybridized carbons (Fsp3) is 0.714. The molecule has 0 fully saturated rings. The number of methoxy groups -OCH3 is 1. The zero-order valence-electron chi connectivity index (χ0n) is 12.2. The van der Waals surface area contributed by atoms with E-state index in [0.29, 0.717) is 12.0 Å². The van der Waals surface area contributed by atoms with Crippen molar-refractivity contribution in [1.82, 2.24) is 0 Å². The maximum Gasteiger partial charge on any atom is 0.281 e. The Balaban J connectivity index is 3.14. The largest absolute Gasteiger partial charge is 0.499 e. The number of allylic oxidation sites excluding steroid dienone is 3. The second-order valence-corrected chi connectivity index (χ2v) is 6.88. The Morgan fingerprint density at radius 3 is 2.55 bits per heavy atom. The Hall–Kier alpha value is -0.880. The number of hydrogen-bond donors (Lipinski definition) is 1. The first kappa shape index (κ1) is 17.2. The minimum absolute atomic E-state index is 0.0104. The lowest BCUT2D eigenvalue weighted by Gasteiger charge is -2.36. The molecule has 0 heterocycles. The molecule has 20 heavy (non-hydrogen) atoms. The quantitative estimate of drug-likeness (QED) is 0.578. The summed E-state index contributed by atoms with van der Waals surface area (Å²) in [6.45, 7) is 3.69. The first-order valence-corrected chi connectivity index (χ1v) is 8.29. The van der Waals surface area contributed by atoms with E-state index < -0.39 is 21.0 Å². The van der Waals surface area contributed by atoms with Gasteiger partial charge in [0.2, 0.25) is 0 Å². The summed E-state index contributed by atoms with van der Waals surface area (Å²) in [6.07, 6.45) is 4.14. The van der Waals surface area contributed by atoms with Crippen LogP contribution in [0.5, 0.6) is 0 Å². The molecule has 6 heteroatoms. The molecule has 0 aromatic heterocycles. The molecule has 116 valence electrons. The molecule has 0 aromatic rings. The van der Waals surface area contributed by atoms with Gasteiger partial charge >= 0.3 is 0 Å². The number of hydrogen-bond acceptors (Lipinski definition) is 3. The van der Waals surface area contributed by atoms with Crippen LogP contribution in [0.1, 0.15) is 46.0 Å². The molecule has 0 bridgehead atoms. The Morgan fingerprint density at radius 1 is 1.40 bits per heavy atom. The topological polar surface area (TPSA) is 63.6 Å². The van der Waals surface area contributed by atoms with Crippen molar-refractivity contribution in [2.75, 3.05) is 7.11 Å². The number of ether oxygens (including phenoxy) is 1. The van der Waals surface area contributed by atoms with E-state index >= 15 is 0 Å². The van der Waals surface area contributed by atoms with Gasteiger partial charge in [-0.15, -0.1) is 0 Å². The van der Waals surface area contributed by atoms with Crippen LogP contribution in [0, 0.1) is 0 Å². The molecule has 1 aliphatic rings. The first-order valence-electron chi connectivity index (χ1n) is 6.85. The number of rotatable bonds is 7. The third kappa shape index (κ3) is 3.23. The fourth-order valence-electron chi connectivity index (χ4n) is 2.58. The van der Waals surface area contributed by atoms with E-state index in [9.17, 15) is 17.4 Å². The van der Waals surface area contributed by atoms with Gasteiger partial charge < -0.3 is 4.74 Å². The van der Waals surface area contributed by atoms with E-state index in [4.69, 9.17) is 4.74 Å². The molecule has 4 nitrogen and oxygen atoms in total. The smallest absolute Gasteiger partial charge is 0.281 e. The van der Waals surface area contributed by atoms with Gasteiger partial charge in [-0.05, 0) is 31.1 Å². The summed E-state index contributed by atoms with van der Waals surface area (Å²) in [5.74, 6) is -0.0241. The van der Waals surface area contributed by atoms with Crippen LogP contribution < -0.4 is 0 Å². The van der Waals surface area contributed by atoms with Crippen molar-refractivity contribution in [3.8, 4) is 0 Å². The SMILES string of the molecule is CCCCCC[C@]1(S(=O)(=O)O)C(OC)=CC(C)=CC1F.